The topological polar surface area (TPSA) is 20.3 Å². The van der Waals surface area contributed by atoms with E-state index in [2.05, 4.69) is 35.2 Å². The minimum Gasteiger partial charge on any atom is -0.371 e. The van der Waals surface area contributed by atoms with Crippen molar-refractivity contribution in [1.29, 1.82) is 0 Å². The Bertz CT molecular complexity index is 406. The van der Waals surface area contributed by atoms with Crippen LogP contribution in [0.1, 0.15) is 12.8 Å². The van der Waals surface area contributed by atoms with Gasteiger partial charge in [0.15, 0.2) is 0 Å². The summed E-state index contributed by atoms with van der Waals surface area (Å²) in [6.45, 7) is 2.23. The molecule has 16 heavy (non-hydrogen) atoms. The largest absolute Gasteiger partial charge is 0.371 e. The zero-order valence-corrected chi connectivity index (χ0v) is 10.2. The predicted octanol–water partition coefficient (Wildman–Crippen LogP) is 2.04. The Kier molecular flexibility index (Phi) is 2.51. The maximum Gasteiger partial charge on any atom is 0.0366 e. The standard InChI is InChI=1S/C13H17NOS/c15-16-9-7-13(11-16)6-8-14(10-13)12-4-2-1-3-5-12/h1-5H,6-11H2. The molecule has 2 heterocycles. The van der Waals surface area contributed by atoms with Crippen molar-refractivity contribution in [2.75, 3.05) is 29.5 Å². The van der Waals surface area contributed by atoms with E-state index in [1.807, 2.05) is 0 Å². The molecule has 0 radical (unpaired) electrons. The molecule has 2 aliphatic heterocycles. The van der Waals surface area contributed by atoms with Crippen molar-refractivity contribution in [2.24, 2.45) is 5.41 Å². The fourth-order valence-corrected chi connectivity index (χ4v) is 4.80. The maximum absolute atomic E-state index is 11.5. The van der Waals surface area contributed by atoms with Crippen molar-refractivity contribution < 1.29 is 4.21 Å². The van der Waals surface area contributed by atoms with Crippen LogP contribution in [0.4, 0.5) is 5.69 Å². The molecule has 0 saturated carbocycles. The smallest absolute Gasteiger partial charge is 0.0366 e. The van der Waals surface area contributed by atoms with Gasteiger partial charge in [-0.25, -0.2) is 0 Å². The second-order valence-electron chi connectivity index (χ2n) is 5.05. The molecule has 86 valence electrons. The Morgan fingerprint density at radius 3 is 2.69 bits per heavy atom. The highest BCUT2D eigenvalue weighted by Gasteiger charge is 2.43. The number of rotatable bonds is 1. The van der Waals surface area contributed by atoms with Gasteiger partial charge in [-0.15, -0.1) is 0 Å². The lowest BCUT2D eigenvalue weighted by Crippen LogP contribution is -2.27. The monoisotopic (exact) mass is 235 g/mol. The summed E-state index contributed by atoms with van der Waals surface area (Å²) in [6.07, 6.45) is 2.37. The maximum atomic E-state index is 11.5. The number of hydrogen-bond acceptors (Lipinski definition) is 2. The summed E-state index contributed by atoms with van der Waals surface area (Å²) in [4.78, 5) is 2.45. The first kappa shape index (κ1) is 10.3. The first-order valence-corrected chi connectivity index (χ1v) is 7.41. The molecule has 0 amide bonds. The summed E-state index contributed by atoms with van der Waals surface area (Å²) in [6, 6.07) is 10.6. The molecule has 2 aliphatic rings. The Balaban J connectivity index is 1.76. The number of benzene rings is 1. The van der Waals surface area contributed by atoms with Crippen LogP contribution in [0.25, 0.3) is 0 Å². The average molecular weight is 235 g/mol. The molecule has 2 saturated heterocycles. The predicted molar refractivity (Wildman–Crippen MR) is 68.2 cm³/mol. The summed E-state index contributed by atoms with van der Waals surface area (Å²) in [7, 11) is -0.550. The average Bonchev–Trinajstić information content (AvgIpc) is 2.88. The summed E-state index contributed by atoms with van der Waals surface area (Å²) < 4.78 is 11.5. The molecular weight excluding hydrogens is 218 g/mol. The van der Waals surface area contributed by atoms with E-state index >= 15 is 0 Å². The van der Waals surface area contributed by atoms with Crippen LogP contribution in [0.2, 0.25) is 0 Å². The van der Waals surface area contributed by atoms with Crippen LogP contribution in [0.15, 0.2) is 30.3 Å². The van der Waals surface area contributed by atoms with Crippen LogP contribution in [0.3, 0.4) is 0 Å². The minimum absolute atomic E-state index is 0.362. The van der Waals surface area contributed by atoms with E-state index in [1.54, 1.807) is 0 Å². The van der Waals surface area contributed by atoms with Gasteiger partial charge >= 0.3 is 0 Å². The molecule has 3 rings (SSSR count). The van der Waals surface area contributed by atoms with Gasteiger partial charge in [0.1, 0.15) is 0 Å². The molecule has 1 spiro atoms. The molecule has 1 aromatic carbocycles. The fourth-order valence-electron chi connectivity index (χ4n) is 2.93. The molecule has 0 bridgehead atoms. The Labute approximate surface area is 99.1 Å². The molecule has 0 aromatic heterocycles. The van der Waals surface area contributed by atoms with Crippen molar-refractivity contribution in [3.05, 3.63) is 30.3 Å². The van der Waals surface area contributed by atoms with Gasteiger partial charge < -0.3 is 4.90 Å². The van der Waals surface area contributed by atoms with Crippen molar-refractivity contribution in [3.63, 3.8) is 0 Å². The highest BCUT2D eigenvalue weighted by molar-refractivity contribution is 7.85. The van der Waals surface area contributed by atoms with E-state index < -0.39 is 10.8 Å². The zero-order valence-electron chi connectivity index (χ0n) is 9.39. The SMILES string of the molecule is O=S1CCC2(CCN(c3ccccc3)C2)C1. The highest BCUT2D eigenvalue weighted by atomic mass is 32.2. The molecule has 2 atom stereocenters. The van der Waals surface area contributed by atoms with E-state index in [9.17, 15) is 4.21 Å². The lowest BCUT2D eigenvalue weighted by Gasteiger charge is -2.23. The molecule has 2 nitrogen and oxygen atoms in total. The number of para-hydroxylation sites is 1. The number of nitrogens with zero attached hydrogens (tertiary/aromatic N) is 1. The van der Waals surface area contributed by atoms with Gasteiger partial charge in [0.2, 0.25) is 0 Å². The second kappa shape index (κ2) is 3.88. The van der Waals surface area contributed by atoms with Gasteiger partial charge in [0.05, 0.1) is 0 Å². The minimum atomic E-state index is -0.550. The van der Waals surface area contributed by atoms with Gasteiger partial charge in [0, 0.05) is 46.5 Å². The molecule has 3 heteroatoms. The first-order valence-electron chi connectivity index (χ1n) is 5.92. The van der Waals surface area contributed by atoms with E-state index in [0.717, 1.165) is 31.0 Å². The fraction of sp³-hybridized carbons (Fsp3) is 0.538. The van der Waals surface area contributed by atoms with Crippen LogP contribution in [-0.4, -0.2) is 28.8 Å². The summed E-state index contributed by atoms with van der Waals surface area (Å²) in [5.74, 6) is 1.85. The molecule has 0 N–H and O–H groups in total. The third-order valence-corrected chi connectivity index (χ3v) is 5.48. The van der Waals surface area contributed by atoms with E-state index in [1.165, 1.54) is 12.1 Å². The second-order valence-corrected chi connectivity index (χ2v) is 6.62. The van der Waals surface area contributed by atoms with E-state index in [0.29, 0.717) is 5.41 Å². The summed E-state index contributed by atoms with van der Waals surface area (Å²) >= 11 is 0. The van der Waals surface area contributed by atoms with Crippen LogP contribution in [0, 0.1) is 5.41 Å². The molecular formula is C13H17NOS. The van der Waals surface area contributed by atoms with Gasteiger partial charge in [-0.1, -0.05) is 18.2 Å². The first-order chi connectivity index (χ1) is 7.77. The normalized spacial score (nSPS) is 33.8. The van der Waals surface area contributed by atoms with Crippen molar-refractivity contribution >= 4 is 16.5 Å². The number of hydrogen-bond donors (Lipinski definition) is 0. The Morgan fingerprint density at radius 2 is 2.00 bits per heavy atom. The van der Waals surface area contributed by atoms with Gasteiger partial charge in [-0.3, -0.25) is 4.21 Å². The lowest BCUT2D eigenvalue weighted by atomic mass is 9.87. The molecule has 1 aromatic rings. The Morgan fingerprint density at radius 1 is 1.19 bits per heavy atom. The highest BCUT2D eigenvalue weighted by Crippen LogP contribution is 2.40. The van der Waals surface area contributed by atoms with Gasteiger partial charge in [-0.2, -0.15) is 0 Å². The third-order valence-electron chi connectivity index (χ3n) is 3.89. The van der Waals surface area contributed by atoms with E-state index in [4.69, 9.17) is 0 Å². The van der Waals surface area contributed by atoms with E-state index in [-0.39, 0.29) is 0 Å². The van der Waals surface area contributed by atoms with Crippen molar-refractivity contribution in [1.82, 2.24) is 0 Å². The van der Waals surface area contributed by atoms with Crippen LogP contribution >= 0.6 is 0 Å². The third kappa shape index (κ3) is 1.77. The lowest BCUT2D eigenvalue weighted by molar-refractivity contribution is 0.383. The zero-order chi connectivity index (χ0) is 11.0. The van der Waals surface area contributed by atoms with Crippen LogP contribution in [-0.2, 0) is 10.8 Å². The van der Waals surface area contributed by atoms with Crippen molar-refractivity contribution in [2.45, 2.75) is 12.8 Å². The van der Waals surface area contributed by atoms with Gasteiger partial charge in [0.25, 0.3) is 0 Å². The summed E-state index contributed by atoms with van der Waals surface area (Å²) in [5.41, 5.74) is 1.68. The van der Waals surface area contributed by atoms with Gasteiger partial charge in [-0.05, 0) is 25.0 Å². The van der Waals surface area contributed by atoms with Crippen molar-refractivity contribution in [3.8, 4) is 0 Å². The van der Waals surface area contributed by atoms with Crippen LogP contribution < -0.4 is 4.90 Å². The quantitative estimate of drug-likeness (QED) is 0.742. The molecule has 2 fully saturated rings. The number of anilines is 1. The molecule has 0 aliphatic carbocycles. The Hall–Kier alpha value is -0.830. The molecule has 2 unspecified atom stereocenters. The van der Waals surface area contributed by atoms with Crippen LogP contribution in [0.5, 0.6) is 0 Å². The summed E-state index contributed by atoms with van der Waals surface area (Å²) in [5, 5.41) is 0.